The number of hydrogen-bond donors (Lipinski definition) is 0. The normalized spacial score (nSPS) is 11.9. The number of furan rings is 1. The third-order valence-electron chi connectivity index (χ3n) is 12.0. The van der Waals surface area contributed by atoms with Gasteiger partial charge in [0.15, 0.2) is 0 Å². The van der Waals surface area contributed by atoms with E-state index in [-0.39, 0.29) is 0 Å². The van der Waals surface area contributed by atoms with E-state index in [0.717, 1.165) is 27.5 Å². The summed E-state index contributed by atoms with van der Waals surface area (Å²) in [4.78, 5) is 0. The zero-order valence-electron chi connectivity index (χ0n) is 31.0. The van der Waals surface area contributed by atoms with Gasteiger partial charge in [-0.05, 0) is 105 Å². The second-order valence-corrected chi connectivity index (χ2v) is 15.1. The molecule has 12 rings (SSSR count). The molecule has 0 aliphatic rings. The van der Waals surface area contributed by atoms with Gasteiger partial charge in [-0.3, -0.25) is 0 Å². The summed E-state index contributed by atoms with van der Waals surface area (Å²) in [6.07, 6.45) is 0. The fourth-order valence-corrected chi connectivity index (χ4v) is 9.53. The lowest BCUT2D eigenvalue weighted by Gasteiger charge is -2.19. The molecule has 0 atom stereocenters. The Morgan fingerprint density at radius 3 is 1.51 bits per heavy atom. The van der Waals surface area contributed by atoms with Crippen molar-refractivity contribution in [2.24, 2.45) is 0 Å². The molecule has 0 N–H and O–H groups in total. The largest absolute Gasteiger partial charge is 0.455 e. The van der Waals surface area contributed by atoms with Crippen molar-refractivity contribution in [2.75, 3.05) is 0 Å². The molecular formula is C56H34O. The predicted octanol–water partition coefficient (Wildman–Crippen LogP) is 16.0. The van der Waals surface area contributed by atoms with E-state index in [4.69, 9.17) is 4.42 Å². The van der Waals surface area contributed by atoms with E-state index in [0.29, 0.717) is 0 Å². The Kier molecular flexibility index (Phi) is 7.00. The molecule has 12 aromatic rings. The predicted molar refractivity (Wildman–Crippen MR) is 243 cm³/mol. The highest BCUT2D eigenvalue weighted by atomic mass is 16.3. The summed E-state index contributed by atoms with van der Waals surface area (Å²) in [5.74, 6) is 0. The molecule has 0 saturated heterocycles. The molecule has 0 spiro atoms. The lowest BCUT2D eigenvalue weighted by atomic mass is 9.84. The summed E-state index contributed by atoms with van der Waals surface area (Å²) in [6.45, 7) is 0. The van der Waals surface area contributed by atoms with Gasteiger partial charge in [0.05, 0.1) is 0 Å². The van der Waals surface area contributed by atoms with E-state index in [9.17, 15) is 0 Å². The Morgan fingerprint density at radius 2 is 0.789 bits per heavy atom. The Balaban J connectivity index is 1.17. The van der Waals surface area contributed by atoms with Crippen molar-refractivity contribution in [1.82, 2.24) is 0 Å². The highest BCUT2D eigenvalue weighted by Crippen LogP contribution is 2.50. The van der Waals surface area contributed by atoms with Crippen molar-refractivity contribution in [3.05, 3.63) is 206 Å². The first-order valence-electron chi connectivity index (χ1n) is 19.7. The van der Waals surface area contributed by atoms with Gasteiger partial charge in [0, 0.05) is 21.9 Å². The molecule has 1 nitrogen and oxygen atoms in total. The van der Waals surface area contributed by atoms with Crippen LogP contribution >= 0.6 is 0 Å². The van der Waals surface area contributed by atoms with Crippen LogP contribution in [0.4, 0.5) is 0 Å². The molecule has 11 aromatic carbocycles. The molecule has 0 unspecified atom stereocenters. The van der Waals surface area contributed by atoms with Crippen LogP contribution in [0.25, 0.3) is 120 Å². The van der Waals surface area contributed by atoms with E-state index in [1.165, 1.54) is 92.8 Å². The van der Waals surface area contributed by atoms with Crippen LogP contribution in [0.3, 0.4) is 0 Å². The van der Waals surface area contributed by atoms with Crippen molar-refractivity contribution in [2.45, 2.75) is 0 Å². The maximum Gasteiger partial charge on any atom is 0.143 e. The van der Waals surface area contributed by atoms with Gasteiger partial charge >= 0.3 is 0 Å². The van der Waals surface area contributed by atoms with Crippen molar-refractivity contribution >= 4 is 75.8 Å². The van der Waals surface area contributed by atoms with Crippen molar-refractivity contribution in [1.29, 1.82) is 0 Å². The molecule has 1 aromatic heterocycles. The van der Waals surface area contributed by atoms with Crippen LogP contribution in [0.15, 0.2) is 211 Å². The van der Waals surface area contributed by atoms with Gasteiger partial charge in [0.1, 0.15) is 11.2 Å². The Hall–Kier alpha value is -7.48. The molecule has 0 saturated carbocycles. The number of benzene rings is 11. The lowest BCUT2D eigenvalue weighted by molar-refractivity contribution is 0.670. The number of para-hydroxylation sites is 1. The van der Waals surface area contributed by atoms with E-state index < -0.39 is 0 Å². The fraction of sp³-hybridized carbons (Fsp3) is 0. The van der Waals surface area contributed by atoms with Crippen LogP contribution in [-0.2, 0) is 0 Å². The number of rotatable bonds is 4. The average molecular weight is 723 g/mol. The molecule has 57 heavy (non-hydrogen) atoms. The standard InChI is InChI=1S/C56H34O/c1-2-14-35(15-3-1)36-26-28-38(29-27-36)52-42-20-8-10-22-44(42)54(45-23-11-9-21-43(45)52)49-33-32-47(55-48-24-12-13-25-51(48)57-56(49)55)50-34-39-17-5-6-18-40(39)46-31-30-37-16-4-7-19-41(37)53(46)50/h1-34H. The first-order valence-corrected chi connectivity index (χ1v) is 19.7. The summed E-state index contributed by atoms with van der Waals surface area (Å²) in [5, 5.41) is 14.6. The van der Waals surface area contributed by atoms with Crippen molar-refractivity contribution in [3.8, 4) is 44.5 Å². The van der Waals surface area contributed by atoms with Crippen LogP contribution in [-0.4, -0.2) is 0 Å². The molecule has 0 aliphatic carbocycles. The molecule has 0 fully saturated rings. The van der Waals surface area contributed by atoms with Crippen molar-refractivity contribution in [3.63, 3.8) is 0 Å². The second-order valence-electron chi connectivity index (χ2n) is 15.1. The summed E-state index contributed by atoms with van der Waals surface area (Å²) < 4.78 is 7.06. The van der Waals surface area contributed by atoms with Gasteiger partial charge in [-0.15, -0.1) is 0 Å². The first-order chi connectivity index (χ1) is 28.3. The quantitative estimate of drug-likeness (QED) is 0.130. The zero-order chi connectivity index (χ0) is 37.5. The van der Waals surface area contributed by atoms with Gasteiger partial charge < -0.3 is 4.42 Å². The Bertz CT molecular complexity index is 3500. The summed E-state index contributed by atoms with van der Waals surface area (Å²) in [7, 11) is 0. The minimum atomic E-state index is 0.889. The Labute approximate surface area is 329 Å². The minimum absolute atomic E-state index is 0.889. The van der Waals surface area contributed by atoms with Gasteiger partial charge in [-0.2, -0.15) is 0 Å². The fourth-order valence-electron chi connectivity index (χ4n) is 9.53. The van der Waals surface area contributed by atoms with E-state index in [1.54, 1.807) is 0 Å². The first kappa shape index (κ1) is 31.8. The Morgan fingerprint density at radius 1 is 0.263 bits per heavy atom. The van der Waals surface area contributed by atoms with Crippen LogP contribution in [0.5, 0.6) is 0 Å². The van der Waals surface area contributed by atoms with E-state index >= 15 is 0 Å². The highest BCUT2D eigenvalue weighted by Gasteiger charge is 2.23. The van der Waals surface area contributed by atoms with Crippen molar-refractivity contribution < 1.29 is 4.42 Å². The SMILES string of the molecule is c1ccc(-c2ccc(-c3c4ccccc4c(-c4ccc(-c5cc6ccccc6c6ccc7ccccc7c56)c5c4oc4ccccc45)c4ccccc34)cc2)cc1. The monoisotopic (exact) mass is 722 g/mol. The molecule has 0 aliphatic heterocycles. The number of hydrogen-bond acceptors (Lipinski definition) is 1. The molecular weight excluding hydrogens is 689 g/mol. The highest BCUT2D eigenvalue weighted by molar-refractivity contribution is 6.29. The lowest BCUT2D eigenvalue weighted by Crippen LogP contribution is -1.92. The third-order valence-corrected chi connectivity index (χ3v) is 12.0. The summed E-state index contributed by atoms with van der Waals surface area (Å²) in [5.41, 5.74) is 11.4. The van der Waals surface area contributed by atoms with Gasteiger partial charge in [-0.25, -0.2) is 0 Å². The number of fused-ring (bicyclic) bond motifs is 10. The molecule has 1 heteroatoms. The third kappa shape index (κ3) is 4.83. The van der Waals surface area contributed by atoms with Crippen LogP contribution in [0.2, 0.25) is 0 Å². The van der Waals surface area contributed by atoms with Gasteiger partial charge in [0.25, 0.3) is 0 Å². The second kappa shape index (κ2) is 12.5. The summed E-state index contributed by atoms with van der Waals surface area (Å²) in [6, 6.07) is 75.1. The van der Waals surface area contributed by atoms with Crippen LogP contribution < -0.4 is 0 Å². The molecule has 0 amide bonds. The molecule has 0 bridgehead atoms. The van der Waals surface area contributed by atoms with Gasteiger partial charge in [-0.1, -0.05) is 188 Å². The van der Waals surface area contributed by atoms with Crippen LogP contribution in [0, 0.1) is 0 Å². The van der Waals surface area contributed by atoms with Gasteiger partial charge in [0.2, 0.25) is 0 Å². The minimum Gasteiger partial charge on any atom is -0.455 e. The maximum absolute atomic E-state index is 7.06. The maximum atomic E-state index is 7.06. The molecule has 0 radical (unpaired) electrons. The topological polar surface area (TPSA) is 13.1 Å². The zero-order valence-corrected chi connectivity index (χ0v) is 31.0. The van der Waals surface area contributed by atoms with E-state index in [1.807, 2.05) is 0 Å². The summed E-state index contributed by atoms with van der Waals surface area (Å²) >= 11 is 0. The molecule has 1 heterocycles. The molecule has 264 valence electrons. The van der Waals surface area contributed by atoms with Crippen LogP contribution in [0.1, 0.15) is 0 Å². The van der Waals surface area contributed by atoms with E-state index in [2.05, 4.69) is 206 Å². The average Bonchev–Trinajstić information content (AvgIpc) is 3.68. The smallest absolute Gasteiger partial charge is 0.143 e.